The summed E-state index contributed by atoms with van der Waals surface area (Å²) in [5.74, 6) is -1.72. The van der Waals surface area contributed by atoms with Crippen molar-refractivity contribution in [2.45, 2.75) is 44.4 Å². The van der Waals surface area contributed by atoms with Crippen LogP contribution in [0.1, 0.15) is 43.9 Å². The second kappa shape index (κ2) is 8.35. The molecule has 35 heavy (non-hydrogen) atoms. The molecule has 1 fully saturated rings. The van der Waals surface area contributed by atoms with Gasteiger partial charge in [0.05, 0.1) is 17.0 Å². The predicted octanol–water partition coefficient (Wildman–Crippen LogP) is 5.65. The third-order valence-electron chi connectivity index (χ3n) is 7.15. The highest BCUT2D eigenvalue weighted by Crippen LogP contribution is 2.50. The first kappa shape index (κ1) is 23.3. The van der Waals surface area contributed by atoms with E-state index < -0.39 is 11.3 Å². The van der Waals surface area contributed by atoms with E-state index in [1.807, 2.05) is 60.7 Å². The molecule has 178 valence electrons. The third kappa shape index (κ3) is 3.75. The first-order valence-corrected chi connectivity index (χ1v) is 12.1. The van der Waals surface area contributed by atoms with Gasteiger partial charge in [-0.05, 0) is 52.8 Å². The van der Waals surface area contributed by atoms with Crippen LogP contribution in [0.5, 0.6) is 0 Å². The Morgan fingerprint density at radius 3 is 2.31 bits per heavy atom. The lowest BCUT2D eigenvalue weighted by atomic mass is 9.66. The molecule has 0 bridgehead atoms. The third-order valence-corrected chi connectivity index (χ3v) is 7.40. The molecular weight excluding hydrogens is 460 g/mol. The van der Waals surface area contributed by atoms with Gasteiger partial charge in [-0.2, -0.15) is 0 Å². The molecule has 2 atom stereocenters. The average Bonchev–Trinajstić information content (AvgIpc) is 3.27. The zero-order valence-electron chi connectivity index (χ0n) is 20.0. The van der Waals surface area contributed by atoms with E-state index in [1.54, 1.807) is 12.1 Å². The fourth-order valence-corrected chi connectivity index (χ4v) is 5.61. The van der Waals surface area contributed by atoms with Crippen LogP contribution in [0.3, 0.4) is 0 Å². The highest BCUT2D eigenvalue weighted by atomic mass is 35.5. The van der Waals surface area contributed by atoms with Gasteiger partial charge in [0.25, 0.3) is 0 Å². The van der Waals surface area contributed by atoms with Gasteiger partial charge in [0, 0.05) is 17.1 Å². The summed E-state index contributed by atoms with van der Waals surface area (Å²) in [4.78, 5) is 42.5. The topological polar surface area (TPSA) is 66.5 Å². The zero-order chi connectivity index (χ0) is 25.0. The van der Waals surface area contributed by atoms with E-state index in [1.165, 1.54) is 4.90 Å². The molecule has 3 aromatic rings. The lowest BCUT2D eigenvalue weighted by molar-refractivity contribution is -0.130. The SMILES string of the molecule is CC(C)(C)c1ccccc1N1C(=O)C[C@H]([C@@]2(Cc3ccc(Cl)cc3)C(=O)Nc3ccccc32)C1=O. The maximum atomic E-state index is 14.1. The van der Waals surface area contributed by atoms with Crippen LogP contribution in [0.15, 0.2) is 72.8 Å². The summed E-state index contributed by atoms with van der Waals surface area (Å²) < 4.78 is 0. The smallest absolute Gasteiger partial charge is 0.238 e. The number of carbonyl (C=O) groups is 3. The van der Waals surface area contributed by atoms with Gasteiger partial charge in [0.2, 0.25) is 17.7 Å². The number of benzene rings is 3. The summed E-state index contributed by atoms with van der Waals surface area (Å²) in [5, 5.41) is 3.57. The normalized spacial score (nSPS) is 21.9. The molecule has 3 aromatic carbocycles. The van der Waals surface area contributed by atoms with Gasteiger partial charge in [-0.1, -0.05) is 80.9 Å². The van der Waals surface area contributed by atoms with E-state index in [-0.39, 0.29) is 36.0 Å². The molecule has 1 N–H and O–H groups in total. The fraction of sp³-hybridized carbons (Fsp3) is 0.276. The van der Waals surface area contributed by atoms with Crippen molar-refractivity contribution in [3.8, 4) is 0 Å². The minimum absolute atomic E-state index is 0.0351. The molecule has 2 heterocycles. The minimum Gasteiger partial charge on any atom is -0.325 e. The van der Waals surface area contributed by atoms with Crippen LogP contribution in [0, 0.1) is 5.92 Å². The molecule has 2 aliphatic heterocycles. The number of nitrogens with zero attached hydrogens (tertiary/aromatic N) is 1. The standard InChI is InChI=1S/C29H27ClN2O3/c1-28(2,3)21-9-5-7-11-24(21)32-25(33)16-22(26(32)34)29(17-18-12-14-19(30)15-13-18)20-8-4-6-10-23(20)31-27(29)35/h4-15,22H,16-17H2,1-3H3,(H,31,35)/t22-,29-/m0/s1. The van der Waals surface area contributed by atoms with E-state index in [4.69, 9.17) is 11.6 Å². The zero-order valence-corrected chi connectivity index (χ0v) is 20.7. The Morgan fingerprint density at radius 2 is 1.60 bits per heavy atom. The van der Waals surface area contributed by atoms with Gasteiger partial charge < -0.3 is 5.32 Å². The summed E-state index contributed by atoms with van der Waals surface area (Å²) in [7, 11) is 0. The number of rotatable bonds is 4. The van der Waals surface area contributed by atoms with Gasteiger partial charge in [-0.15, -0.1) is 0 Å². The highest BCUT2D eigenvalue weighted by molar-refractivity contribution is 6.30. The molecule has 3 amide bonds. The Bertz CT molecular complexity index is 1340. The molecule has 2 aliphatic rings. The number of imide groups is 1. The maximum Gasteiger partial charge on any atom is 0.238 e. The minimum atomic E-state index is -1.21. The number of anilines is 2. The number of hydrogen-bond donors (Lipinski definition) is 1. The Labute approximate surface area is 210 Å². The molecule has 0 aromatic heterocycles. The van der Waals surface area contributed by atoms with Crippen LogP contribution < -0.4 is 10.2 Å². The maximum absolute atomic E-state index is 14.1. The van der Waals surface area contributed by atoms with Crippen LogP contribution in [-0.4, -0.2) is 17.7 Å². The van der Waals surface area contributed by atoms with Crippen molar-refractivity contribution in [1.82, 2.24) is 0 Å². The van der Waals surface area contributed by atoms with Crippen molar-refractivity contribution < 1.29 is 14.4 Å². The van der Waals surface area contributed by atoms with E-state index in [9.17, 15) is 14.4 Å². The Balaban J connectivity index is 1.64. The lowest BCUT2D eigenvalue weighted by Crippen LogP contribution is -2.47. The molecule has 5 nitrogen and oxygen atoms in total. The van der Waals surface area contributed by atoms with Crippen molar-refractivity contribution >= 4 is 40.7 Å². The fourth-order valence-electron chi connectivity index (χ4n) is 5.48. The van der Waals surface area contributed by atoms with Gasteiger partial charge in [0.1, 0.15) is 0 Å². The quantitative estimate of drug-likeness (QED) is 0.484. The van der Waals surface area contributed by atoms with Gasteiger partial charge in [-0.25, -0.2) is 4.90 Å². The van der Waals surface area contributed by atoms with Crippen molar-refractivity contribution in [2.24, 2.45) is 5.92 Å². The number of hydrogen-bond acceptors (Lipinski definition) is 3. The predicted molar refractivity (Wildman–Crippen MR) is 138 cm³/mol. The molecule has 0 unspecified atom stereocenters. The molecule has 5 rings (SSSR count). The number of fused-ring (bicyclic) bond motifs is 1. The van der Waals surface area contributed by atoms with Gasteiger partial charge >= 0.3 is 0 Å². The van der Waals surface area contributed by atoms with Gasteiger partial charge in [0.15, 0.2) is 0 Å². The number of nitrogens with one attached hydrogen (secondary N) is 1. The van der Waals surface area contributed by atoms with Crippen molar-refractivity contribution in [3.63, 3.8) is 0 Å². The second-order valence-corrected chi connectivity index (χ2v) is 10.8. The average molecular weight is 487 g/mol. The summed E-state index contributed by atoms with van der Waals surface area (Å²) in [6, 6.07) is 22.2. The van der Waals surface area contributed by atoms with E-state index in [0.717, 1.165) is 16.7 Å². The molecule has 0 spiro atoms. The first-order chi connectivity index (χ1) is 16.6. The summed E-state index contributed by atoms with van der Waals surface area (Å²) in [6.07, 6.45) is 0.248. The molecule has 0 radical (unpaired) electrons. The Kier molecular flexibility index (Phi) is 5.56. The van der Waals surface area contributed by atoms with Crippen molar-refractivity contribution in [3.05, 3.63) is 94.5 Å². The summed E-state index contributed by atoms with van der Waals surface area (Å²) in [5.41, 5.74) is 2.32. The number of carbonyl (C=O) groups excluding carboxylic acids is 3. The van der Waals surface area contributed by atoms with Crippen LogP contribution in [0.4, 0.5) is 11.4 Å². The van der Waals surface area contributed by atoms with Crippen LogP contribution in [0.25, 0.3) is 0 Å². The molecule has 1 saturated heterocycles. The van der Waals surface area contributed by atoms with E-state index >= 15 is 0 Å². The largest absolute Gasteiger partial charge is 0.325 e. The van der Waals surface area contributed by atoms with Gasteiger partial charge in [-0.3, -0.25) is 14.4 Å². The monoisotopic (exact) mass is 486 g/mol. The number of halogens is 1. The second-order valence-electron chi connectivity index (χ2n) is 10.4. The first-order valence-electron chi connectivity index (χ1n) is 11.7. The molecule has 0 saturated carbocycles. The van der Waals surface area contributed by atoms with Crippen LogP contribution in [-0.2, 0) is 31.6 Å². The molecule has 6 heteroatoms. The Morgan fingerprint density at radius 1 is 0.943 bits per heavy atom. The highest BCUT2D eigenvalue weighted by Gasteiger charge is 2.59. The van der Waals surface area contributed by atoms with Crippen molar-refractivity contribution in [2.75, 3.05) is 10.2 Å². The number of para-hydroxylation sites is 2. The lowest BCUT2D eigenvalue weighted by Gasteiger charge is -2.33. The van der Waals surface area contributed by atoms with Crippen molar-refractivity contribution in [1.29, 1.82) is 0 Å². The Hall–Kier alpha value is -3.44. The summed E-state index contributed by atoms with van der Waals surface area (Å²) in [6.45, 7) is 6.16. The van der Waals surface area contributed by atoms with Crippen LogP contribution in [0.2, 0.25) is 5.02 Å². The van der Waals surface area contributed by atoms with E-state index in [0.29, 0.717) is 16.4 Å². The summed E-state index contributed by atoms with van der Waals surface area (Å²) >= 11 is 6.10. The number of amides is 3. The van der Waals surface area contributed by atoms with Crippen LogP contribution >= 0.6 is 11.6 Å². The van der Waals surface area contributed by atoms with E-state index in [2.05, 4.69) is 26.1 Å². The molecule has 0 aliphatic carbocycles. The molecular formula is C29H27ClN2O3.